The molecule has 2 N–H and O–H groups in total. The van der Waals surface area contributed by atoms with Crippen LogP contribution >= 0.6 is 0 Å². The Morgan fingerprint density at radius 3 is 1.93 bits per heavy atom. The first-order valence-electron chi connectivity index (χ1n) is 5.47. The molecule has 0 aromatic rings. The number of nitrogens with one attached hydrogen (secondary N) is 1. The Morgan fingerprint density at radius 2 is 1.71 bits per heavy atom. The molecule has 0 bridgehead atoms. The topological polar surface area (TPSA) is 49.3 Å². The van der Waals surface area contributed by atoms with E-state index < -0.39 is 0 Å². The van der Waals surface area contributed by atoms with Gasteiger partial charge in [0, 0.05) is 0 Å². The first kappa shape index (κ1) is 15.9. The smallest absolute Gasteiger partial charge is 0.290 e. The van der Waals surface area contributed by atoms with Gasteiger partial charge < -0.3 is 10.4 Å². The molecule has 0 radical (unpaired) electrons. The molecule has 3 heteroatoms. The number of hydrogen-bond acceptors (Lipinski definition) is 2. The van der Waals surface area contributed by atoms with E-state index in [1.54, 1.807) is 0 Å². The van der Waals surface area contributed by atoms with Gasteiger partial charge in [0.25, 0.3) is 6.47 Å². The second kappa shape index (κ2) is 10.5. The highest BCUT2D eigenvalue weighted by molar-refractivity contribution is 5.32. The van der Waals surface area contributed by atoms with Gasteiger partial charge in [-0.05, 0) is 31.3 Å². The summed E-state index contributed by atoms with van der Waals surface area (Å²) in [5.41, 5.74) is 0.658. The summed E-state index contributed by atoms with van der Waals surface area (Å²) in [6.45, 7) is 10.9. The van der Waals surface area contributed by atoms with Crippen molar-refractivity contribution in [3.63, 3.8) is 0 Å². The van der Waals surface area contributed by atoms with Crippen LogP contribution in [0.5, 0.6) is 0 Å². The monoisotopic (exact) mass is 203 g/mol. The fourth-order valence-electron chi connectivity index (χ4n) is 1.38. The summed E-state index contributed by atoms with van der Waals surface area (Å²) in [4.78, 5) is 8.36. The standard InChI is InChI=1S/C8H17N.C2H6.CH2O2/c1-3-8(2)4-6-9-7-5-8;1-2;2-1-3/h9H,3-7H2,1-2H3;1-2H3;1H,(H,2,3). The molecule has 0 amide bonds. The van der Waals surface area contributed by atoms with E-state index in [1.165, 1.54) is 32.4 Å². The van der Waals surface area contributed by atoms with Crippen molar-refractivity contribution in [1.29, 1.82) is 0 Å². The minimum atomic E-state index is -0.250. The van der Waals surface area contributed by atoms with Gasteiger partial charge in [-0.1, -0.05) is 34.1 Å². The van der Waals surface area contributed by atoms with Crippen LogP contribution in [0.2, 0.25) is 0 Å². The van der Waals surface area contributed by atoms with Crippen LogP contribution in [0, 0.1) is 5.41 Å². The Kier molecular flexibility index (Phi) is 11.9. The van der Waals surface area contributed by atoms with Crippen molar-refractivity contribution in [2.75, 3.05) is 13.1 Å². The van der Waals surface area contributed by atoms with E-state index in [0.717, 1.165) is 0 Å². The zero-order valence-electron chi connectivity index (χ0n) is 9.97. The molecule has 1 fully saturated rings. The first-order valence-corrected chi connectivity index (χ1v) is 5.47. The molecule has 0 saturated carbocycles. The highest BCUT2D eigenvalue weighted by Gasteiger charge is 2.23. The molecular formula is C11H25NO2. The van der Waals surface area contributed by atoms with Crippen LogP contribution in [-0.4, -0.2) is 24.7 Å². The minimum absolute atomic E-state index is 0.250. The van der Waals surface area contributed by atoms with Crippen molar-refractivity contribution in [3.8, 4) is 0 Å². The van der Waals surface area contributed by atoms with E-state index >= 15 is 0 Å². The van der Waals surface area contributed by atoms with E-state index in [2.05, 4.69) is 19.2 Å². The lowest BCUT2D eigenvalue weighted by Crippen LogP contribution is -2.34. The fraction of sp³-hybridized carbons (Fsp3) is 0.909. The third-order valence-corrected chi connectivity index (χ3v) is 2.66. The maximum absolute atomic E-state index is 8.36. The molecule has 1 heterocycles. The normalized spacial score (nSPS) is 18.0. The number of hydrogen-bond donors (Lipinski definition) is 2. The Labute approximate surface area is 87.9 Å². The lowest BCUT2D eigenvalue weighted by Gasteiger charge is -2.32. The van der Waals surface area contributed by atoms with Gasteiger partial charge in [0.15, 0.2) is 0 Å². The summed E-state index contributed by atoms with van der Waals surface area (Å²) in [7, 11) is 0. The van der Waals surface area contributed by atoms with Crippen LogP contribution < -0.4 is 5.32 Å². The molecule has 0 atom stereocenters. The molecule has 0 unspecified atom stereocenters. The van der Waals surface area contributed by atoms with Gasteiger partial charge in [-0.2, -0.15) is 0 Å². The number of carbonyl (C=O) groups is 1. The highest BCUT2D eigenvalue weighted by atomic mass is 16.3. The summed E-state index contributed by atoms with van der Waals surface area (Å²) < 4.78 is 0. The first-order chi connectivity index (χ1) is 6.68. The Balaban J connectivity index is 0. The molecule has 3 nitrogen and oxygen atoms in total. The molecule has 1 aliphatic rings. The van der Waals surface area contributed by atoms with Gasteiger partial charge in [0.2, 0.25) is 0 Å². The van der Waals surface area contributed by atoms with Gasteiger partial charge in [-0.3, -0.25) is 4.79 Å². The number of rotatable bonds is 1. The second-order valence-corrected chi connectivity index (χ2v) is 3.52. The minimum Gasteiger partial charge on any atom is -0.483 e. The van der Waals surface area contributed by atoms with Gasteiger partial charge in [-0.25, -0.2) is 0 Å². The van der Waals surface area contributed by atoms with Crippen molar-refractivity contribution >= 4 is 6.47 Å². The Hall–Kier alpha value is -0.570. The van der Waals surface area contributed by atoms with Crippen molar-refractivity contribution < 1.29 is 9.90 Å². The largest absolute Gasteiger partial charge is 0.483 e. The molecule has 1 aliphatic heterocycles. The van der Waals surface area contributed by atoms with E-state index in [9.17, 15) is 0 Å². The second-order valence-electron chi connectivity index (χ2n) is 3.52. The molecule has 1 rings (SSSR count). The number of carboxylic acid groups (broad SMARTS) is 1. The SMILES string of the molecule is CC.CCC1(C)CCNCC1.O=CO. The fourth-order valence-corrected chi connectivity index (χ4v) is 1.38. The van der Waals surface area contributed by atoms with Crippen LogP contribution in [0.1, 0.15) is 47.0 Å². The predicted octanol–water partition coefficient (Wildman–Crippen LogP) is 2.51. The summed E-state index contributed by atoms with van der Waals surface area (Å²) in [6.07, 6.45) is 4.07. The number of piperidine rings is 1. The third kappa shape index (κ3) is 8.05. The maximum atomic E-state index is 8.36. The molecule has 0 spiro atoms. The van der Waals surface area contributed by atoms with Gasteiger partial charge in [0.1, 0.15) is 0 Å². The summed E-state index contributed by atoms with van der Waals surface area (Å²) >= 11 is 0. The van der Waals surface area contributed by atoms with Gasteiger partial charge in [0.05, 0.1) is 0 Å². The average Bonchev–Trinajstić information content (AvgIpc) is 2.23. The maximum Gasteiger partial charge on any atom is 0.290 e. The van der Waals surface area contributed by atoms with Crippen molar-refractivity contribution in [1.82, 2.24) is 5.32 Å². The van der Waals surface area contributed by atoms with E-state index in [0.29, 0.717) is 5.41 Å². The van der Waals surface area contributed by atoms with Crippen molar-refractivity contribution in [2.45, 2.75) is 47.0 Å². The Bertz CT molecular complexity index is 120. The van der Waals surface area contributed by atoms with Crippen LogP contribution in [0.15, 0.2) is 0 Å². The Morgan fingerprint density at radius 1 is 1.36 bits per heavy atom. The summed E-state index contributed by atoms with van der Waals surface area (Å²) in [6, 6.07) is 0. The lowest BCUT2D eigenvalue weighted by atomic mass is 9.79. The van der Waals surface area contributed by atoms with Crippen molar-refractivity contribution in [2.24, 2.45) is 5.41 Å². The van der Waals surface area contributed by atoms with Crippen LogP contribution in [0.25, 0.3) is 0 Å². The molecule has 0 aromatic carbocycles. The molecule has 0 aromatic heterocycles. The molecular weight excluding hydrogens is 178 g/mol. The lowest BCUT2D eigenvalue weighted by molar-refractivity contribution is -0.122. The molecule has 86 valence electrons. The van der Waals surface area contributed by atoms with Crippen molar-refractivity contribution in [3.05, 3.63) is 0 Å². The van der Waals surface area contributed by atoms with Crippen LogP contribution in [0.4, 0.5) is 0 Å². The zero-order chi connectivity index (χ0) is 11.4. The highest BCUT2D eigenvalue weighted by Crippen LogP contribution is 2.30. The zero-order valence-corrected chi connectivity index (χ0v) is 9.97. The van der Waals surface area contributed by atoms with E-state index in [4.69, 9.17) is 9.90 Å². The quantitative estimate of drug-likeness (QED) is 0.644. The molecule has 14 heavy (non-hydrogen) atoms. The average molecular weight is 203 g/mol. The van der Waals surface area contributed by atoms with E-state index in [1.807, 2.05) is 13.8 Å². The molecule has 1 saturated heterocycles. The third-order valence-electron chi connectivity index (χ3n) is 2.66. The van der Waals surface area contributed by atoms with Gasteiger partial charge in [-0.15, -0.1) is 0 Å². The summed E-state index contributed by atoms with van der Waals surface area (Å²) in [5.74, 6) is 0. The summed E-state index contributed by atoms with van der Waals surface area (Å²) in [5, 5.41) is 10.3. The van der Waals surface area contributed by atoms with Crippen LogP contribution in [0.3, 0.4) is 0 Å². The van der Waals surface area contributed by atoms with Gasteiger partial charge >= 0.3 is 0 Å². The predicted molar refractivity (Wildman–Crippen MR) is 60.5 cm³/mol. The molecule has 0 aliphatic carbocycles. The van der Waals surface area contributed by atoms with Crippen LogP contribution in [-0.2, 0) is 4.79 Å². The van der Waals surface area contributed by atoms with E-state index in [-0.39, 0.29) is 6.47 Å².